The van der Waals surface area contributed by atoms with Crippen LogP contribution in [0, 0.1) is 5.92 Å². The van der Waals surface area contributed by atoms with Crippen LogP contribution in [0.25, 0.3) is 0 Å². The van der Waals surface area contributed by atoms with Crippen molar-refractivity contribution in [3.05, 3.63) is 29.3 Å². The summed E-state index contributed by atoms with van der Waals surface area (Å²) in [5.74, 6) is 3.08. The second-order valence-corrected chi connectivity index (χ2v) is 5.47. The van der Waals surface area contributed by atoms with E-state index < -0.39 is 0 Å². The Morgan fingerprint density at radius 3 is 2.24 bits per heavy atom. The molecule has 0 heterocycles. The van der Waals surface area contributed by atoms with Crippen LogP contribution in [0.4, 0.5) is 0 Å². The minimum atomic E-state index is 0.417. The largest absolute Gasteiger partial charge is 0.496 e. The van der Waals surface area contributed by atoms with Gasteiger partial charge in [0.1, 0.15) is 5.75 Å². The first-order valence-electron chi connectivity index (χ1n) is 6.25. The standard InChI is InChI=1S/C15H23ClO/c1-10(2)13-8-12(6-7-15(13)17-5)14(9-16)11(3)4/h6-8,10-11,14H,9H2,1-5H3. The van der Waals surface area contributed by atoms with E-state index in [0.717, 1.165) is 5.75 Å². The van der Waals surface area contributed by atoms with Gasteiger partial charge in [-0.25, -0.2) is 0 Å². The van der Waals surface area contributed by atoms with Gasteiger partial charge in [-0.15, -0.1) is 11.6 Å². The van der Waals surface area contributed by atoms with Crippen molar-refractivity contribution in [2.24, 2.45) is 5.92 Å². The highest BCUT2D eigenvalue weighted by molar-refractivity contribution is 6.18. The molecule has 0 aliphatic heterocycles. The zero-order chi connectivity index (χ0) is 13.0. The van der Waals surface area contributed by atoms with Gasteiger partial charge in [-0.2, -0.15) is 0 Å². The summed E-state index contributed by atoms with van der Waals surface area (Å²) in [6.07, 6.45) is 0. The summed E-state index contributed by atoms with van der Waals surface area (Å²) in [4.78, 5) is 0. The molecule has 17 heavy (non-hydrogen) atoms. The Morgan fingerprint density at radius 2 is 1.82 bits per heavy atom. The average molecular weight is 255 g/mol. The molecule has 0 bridgehead atoms. The zero-order valence-corrected chi connectivity index (χ0v) is 12.2. The minimum Gasteiger partial charge on any atom is -0.496 e. The van der Waals surface area contributed by atoms with Crippen LogP contribution in [0.15, 0.2) is 18.2 Å². The van der Waals surface area contributed by atoms with Gasteiger partial charge in [-0.1, -0.05) is 39.8 Å². The van der Waals surface area contributed by atoms with Crippen LogP contribution in [0.3, 0.4) is 0 Å². The molecule has 0 spiro atoms. The molecular weight excluding hydrogens is 232 g/mol. The topological polar surface area (TPSA) is 9.23 Å². The fourth-order valence-corrected chi connectivity index (χ4v) is 2.62. The second-order valence-electron chi connectivity index (χ2n) is 5.16. The third kappa shape index (κ3) is 3.38. The summed E-state index contributed by atoms with van der Waals surface area (Å²) in [6.45, 7) is 8.80. The Balaban J connectivity index is 3.15. The Bertz CT molecular complexity index is 358. The van der Waals surface area contributed by atoms with Crippen LogP contribution >= 0.6 is 11.6 Å². The Morgan fingerprint density at radius 1 is 1.18 bits per heavy atom. The molecule has 0 N–H and O–H groups in total. The fourth-order valence-electron chi connectivity index (χ4n) is 2.09. The number of benzene rings is 1. The Labute approximate surface area is 110 Å². The lowest BCUT2D eigenvalue weighted by atomic mass is 9.87. The van der Waals surface area contributed by atoms with Gasteiger partial charge >= 0.3 is 0 Å². The molecule has 1 rings (SSSR count). The first-order chi connectivity index (χ1) is 8.01. The predicted molar refractivity (Wildman–Crippen MR) is 75.4 cm³/mol. The lowest BCUT2D eigenvalue weighted by molar-refractivity contribution is 0.407. The molecule has 2 heteroatoms. The van der Waals surface area contributed by atoms with Gasteiger partial charge in [0.25, 0.3) is 0 Å². The smallest absolute Gasteiger partial charge is 0.122 e. The van der Waals surface area contributed by atoms with E-state index >= 15 is 0 Å². The number of ether oxygens (including phenoxy) is 1. The normalized spacial score (nSPS) is 13.2. The van der Waals surface area contributed by atoms with Crippen LogP contribution in [0.1, 0.15) is 50.7 Å². The van der Waals surface area contributed by atoms with Crippen molar-refractivity contribution < 1.29 is 4.74 Å². The highest BCUT2D eigenvalue weighted by atomic mass is 35.5. The average Bonchev–Trinajstić information content (AvgIpc) is 2.29. The summed E-state index contributed by atoms with van der Waals surface area (Å²) < 4.78 is 5.40. The van der Waals surface area contributed by atoms with Crippen molar-refractivity contribution in [1.29, 1.82) is 0 Å². The molecule has 1 nitrogen and oxygen atoms in total. The van der Waals surface area contributed by atoms with E-state index in [-0.39, 0.29) is 0 Å². The maximum atomic E-state index is 6.07. The van der Waals surface area contributed by atoms with Crippen LogP contribution in [-0.2, 0) is 0 Å². The number of hydrogen-bond acceptors (Lipinski definition) is 1. The number of rotatable bonds is 5. The number of methoxy groups -OCH3 is 1. The number of hydrogen-bond donors (Lipinski definition) is 0. The monoisotopic (exact) mass is 254 g/mol. The van der Waals surface area contributed by atoms with E-state index in [1.165, 1.54) is 11.1 Å². The SMILES string of the molecule is COc1ccc(C(CCl)C(C)C)cc1C(C)C. The number of halogens is 1. The molecule has 0 aromatic heterocycles. The molecule has 1 unspecified atom stereocenters. The van der Waals surface area contributed by atoms with Gasteiger partial charge in [-0.3, -0.25) is 0 Å². The van der Waals surface area contributed by atoms with Gasteiger partial charge < -0.3 is 4.74 Å². The van der Waals surface area contributed by atoms with Crippen LogP contribution in [0.2, 0.25) is 0 Å². The highest BCUT2D eigenvalue weighted by Gasteiger charge is 2.17. The van der Waals surface area contributed by atoms with Gasteiger partial charge in [0.05, 0.1) is 7.11 Å². The van der Waals surface area contributed by atoms with Crippen molar-refractivity contribution >= 4 is 11.6 Å². The van der Waals surface area contributed by atoms with Crippen molar-refractivity contribution in [2.75, 3.05) is 13.0 Å². The van der Waals surface area contributed by atoms with Crippen molar-refractivity contribution in [2.45, 2.75) is 39.5 Å². The summed E-state index contributed by atoms with van der Waals surface area (Å²) in [5.41, 5.74) is 2.58. The van der Waals surface area contributed by atoms with E-state index in [1.54, 1.807) is 7.11 Å². The zero-order valence-electron chi connectivity index (χ0n) is 11.5. The third-order valence-corrected chi connectivity index (χ3v) is 3.61. The predicted octanol–water partition coefficient (Wildman–Crippen LogP) is 4.80. The van der Waals surface area contributed by atoms with Crippen LogP contribution in [-0.4, -0.2) is 13.0 Å². The molecule has 0 fully saturated rings. The van der Waals surface area contributed by atoms with Gasteiger partial charge in [0.2, 0.25) is 0 Å². The molecule has 0 aliphatic carbocycles. The van der Waals surface area contributed by atoms with E-state index in [4.69, 9.17) is 16.3 Å². The summed E-state index contributed by atoms with van der Waals surface area (Å²) in [5, 5.41) is 0. The molecule has 96 valence electrons. The van der Waals surface area contributed by atoms with E-state index in [1.807, 2.05) is 0 Å². The minimum absolute atomic E-state index is 0.417. The highest BCUT2D eigenvalue weighted by Crippen LogP contribution is 2.33. The molecule has 0 saturated carbocycles. The molecule has 0 aliphatic rings. The molecule has 0 radical (unpaired) electrons. The Kier molecular flexibility index (Phi) is 5.32. The molecule has 1 atom stereocenters. The third-order valence-electron chi connectivity index (χ3n) is 3.27. The van der Waals surface area contributed by atoms with Crippen LogP contribution < -0.4 is 4.74 Å². The van der Waals surface area contributed by atoms with Crippen molar-refractivity contribution in [3.8, 4) is 5.75 Å². The van der Waals surface area contributed by atoms with Gasteiger partial charge in [0.15, 0.2) is 0 Å². The fraction of sp³-hybridized carbons (Fsp3) is 0.600. The molecule has 1 aromatic rings. The molecule has 1 aromatic carbocycles. The maximum Gasteiger partial charge on any atom is 0.122 e. The number of alkyl halides is 1. The molecule has 0 amide bonds. The summed E-state index contributed by atoms with van der Waals surface area (Å²) in [6, 6.07) is 6.45. The first-order valence-corrected chi connectivity index (χ1v) is 6.78. The van der Waals surface area contributed by atoms with Crippen molar-refractivity contribution in [1.82, 2.24) is 0 Å². The van der Waals surface area contributed by atoms with E-state index in [2.05, 4.69) is 45.9 Å². The molecule has 0 saturated heterocycles. The lowest BCUT2D eigenvalue weighted by Crippen LogP contribution is -2.09. The van der Waals surface area contributed by atoms with E-state index in [9.17, 15) is 0 Å². The Hall–Kier alpha value is -0.690. The lowest BCUT2D eigenvalue weighted by Gasteiger charge is -2.21. The second kappa shape index (κ2) is 6.30. The molecular formula is C15H23ClO. The maximum absolute atomic E-state index is 6.07. The van der Waals surface area contributed by atoms with Gasteiger partial charge in [-0.05, 0) is 34.9 Å². The summed E-state index contributed by atoms with van der Waals surface area (Å²) in [7, 11) is 1.72. The first kappa shape index (κ1) is 14.4. The summed E-state index contributed by atoms with van der Waals surface area (Å²) >= 11 is 6.07. The van der Waals surface area contributed by atoms with Gasteiger partial charge in [0, 0.05) is 5.88 Å². The van der Waals surface area contributed by atoms with E-state index in [0.29, 0.717) is 23.6 Å². The van der Waals surface area contributed by atoms with Crippen molar-refractivity contribution in [3.63, 3.8) is 0 Å². The van der Waals surface area contributed by atoms with Crippen LogP contribution in [0.5, 0.6) is 5.75 Å². The quantitative estimate of drug-likeness (QED) is 0.686.